The molecule has 4 heteroatoms. The van der Waals surface area contributed by atoms with E-state index in [1.54, 1.807) is 23.6 Å². The highest BCUT2D eigenvalue weighted by Gasteiger charge is 2.31. The summed E-state index contributed by atoms with van der Waals surface area (Å²) < 4.78 is 0. The fourth-order valence-electron chi connectivity index (χ4n) is 2.49. The quantitative estimate of drug-likeness (QED) is 0.924. The van der Waals surface area contributed by atoms with Gasteiger partial charge in [0, 0.05) is 24.4 Å². The molecule has 1 fully saturated rings. The molecule has 1 saturated heterocycles. The van der Waals surface area contributed by atoms with Crippen molar-refractivity contribution in [3.8, 4) is 0 Å². The SMILES string of the molecule is CSCc1ccc(C(=O)N2CCCC(C)(O)C2)cc1. The number of benzene rings is 1. The van der Waals surface area contributed by atoms with E-state index in [2.05, 4.69) is 6.26 Å². The summed E-state index contributed by atoms with van der Waals surface area (Å²) in [5.41, 5.74) is 1.20. The van der Waals surface area contributed by atoms with Crippen molar-refractivity contribution in [2.45, 2.75) is 31.1 Å². The Bertz CT molecular complexity index is 442. The van der Waals surface area contributed by atoms with Gasteiger partial charge in [-0.1, -0.05) is 12.1 Å². The van der Waals surface area contributed by atoms with Crippen molar-refractivity contribution in [3.05, 3.63) is 35.4 Å². The highest BCUT2D eigenvalue weighted by molar-refractivity contribution is 7.97. The van der Waals surface area contributed by atoms with Crippen LogP contribution in [0.5, 0.6) is 0 Å². The van der Waals surface area contributed by atoms with E-state index in [0.29, 0.717) is 12.1 Å². The predicted octanol–water partition coefficient (Wildman–Crippen LogP) is 2.54. The van der Waals surface area contributed by atoms with E-state index in [1.165, 1.54) is 5.56 Å². The smallest absolute Gasteiger partial charge is 0.253 e. The number of amides is 1. The lowest BCUT2D eigenvalue weighted by atomic mass is 9.94. The molecule has 0 saturated carbocycles. The Balaban J connectivity index is 2.06. The van der Waals surface area contributed by atoms with Crippen LogP contribution in [-0.2, 0) is 5.75 Å². The van der Waals surface area contributed by atoms with Crippen LogP contribution in [0.2, 0.25) is 0 Å². The van der Waals surface area contributed by atoms with Gasteiger partial charge in [0.15, 0.2) is 0 Å². The second-order valence-corrected chi connectivity index (χ2v) is 6.32. The Hall–Kier alpha value is -1.00. The Kier molecular flexibility index (Phi) is 4.53. The Morgan fingerprint density at radius 2 is 2.11 bits per heavy atom. The standard InChI is InChI=1S/C15H21NO2S/c1-15(18)8-3-9-16(11-15)14(17)13-6-4-12(5-7-13)10-19-2/h4-7,18H,3,8-11H2,1-2H3. The molecule has 1 aliphatic heterocycles. The number of piperidine rings is 1. The third-order valence-electron chi connectivity index (χ3n) is 3.47. The molecule has 104 valence electrons. The Morgan fingerprint density at radius 1 is 1.42 bits per heavy atom. The third-order valence-corrected chi connectivity index (χ3v) is 4.10. The van der Waals surface area contributed by atoms with E-state index in [0.717, 1.165) is 25.1 Å². The molecular weight excluding hydrogens is 258 g/mol. The van der Waals surface area contributed by atoms with Crippen molar-refractivity contribution in [3.63, 3.8) is 0 Å². The molecular formula is C15H21NO2S. The molecule has 1 aromatic rings. The van der Waals surface area contributed by atoms with Crippen LogP contribution in [0.3, 0.4) is 0 Å². The van der Waals surface area contributed by atoms with Gasteiger partial charge in [0.2, 0.25) is 0 Å². The molecule has 1 unspecified atom stereocenters. The van der Waals surface area contributed by atoms with E-state index < -0.39 is 5.60 Å². The Morgan fingerprint density at radius 3 is 2.68 bits per heavy atom. The number of nitrogens with zero attached hydrogens (tertiary/aromatic N) is 1. The van der Waals surface area contributed by atoms with Gasteiger partial charge in [-0.25, -0.2) is 0 Å². The largest absolute Gasteiger partial charge is 0.388 e. The summed E-state index contributed by atoms with van der Waals surface area (Å²) in [5.74, 6) is 0.989. The molecule has 3 nitrogen and oxygen atoms in total. The minimum Gasteiger partial charge on any atom is -0.388 e. The molecule has 19 heavy (non-hydrogen) atoms. The van der Waals surface area contributed by atoms with Gasteiger partial charge in [-0.2, -0.15) is 11.8 Å². The van der Waals surface area contributed by atoms with Crippen LogP contribution >= 0.6 is 11.8 Å². The lowest BCUT2D eigenvalue weighted by Crippen LogP contribution is -2.48. The number of aliphatic hydroxyl groups is 1. The molecule has 0 radical (unpaired) electrons. The van der Waals surface area contributed by atoms with Gasteiger partial charge in [-0.05, 0) is 43.7 Å². The third kappa shape index (κ3) is 3.74. The Labute approximate surface area is 119 Å². The average Bonchev–Trinajstić information content (AvgIpc) is 2.38. The summed E-state index contributed by atoms with van der Waals surface area (Å²) in [6.07, 6.45) is 3.70. The zero-order valence-corrected chi connectivity index (χ0v) is 12.4. The second kappa shape index (κ2) is 5.97. The minimum atomic E-state index is -0.743. The fourth-order valence-corrected chi connectivity index (χ4v) is 3.01. The van der Waals surface area contributed by atoms with E-state index in [1.807, 2.05) is 24.3 Å². The molecule has 1 heterocycles. The first-order valence-electron chi connectivity index (χ1n) is 6.61. The summed E-state index contributed by atoms with van der Waals surface area (Å²) in [5, 5.41) is 10.1. The van der Waals surface area contributed by atoms with Crippen molar-refractivity contribution in [1.82, 2.24) is 4.90 Å². The molecule has 1 amide bonds. The van der Waals surface area contributed by atoms with Crippen LogP contribution in [-0.4, -0.2) is 40.9 Å². The van der Waals surface area contributed by atoms with Gasteiger partial charge in [0.25, 0.3) is 5.91 Å². The average molecular weight is 279 g/mol. The monoisotopic (exact) mass is 279 g/mol. The molecule has 1 aliphatic rings. The molecule has 2 rings (SSSR count). The van der Waals surface area contributed by atoms with Crippen LogP contribution < -0.4 is 0 Å². The maximum Gasteiger partial charge on any atom is 0.253 e. The lowest BCUT2D eigenvalue weighted by molar-refractivity contribution is -0.0107. The molecule has 0 spiro atoms. The van der Waals surface area contributed by atoms with Crippen molar-refractivity contribution in [2.75, 3.05) is 19.3 Å². The minimum absolute atomic E-state index is 0.0238. The van der Waals surface area contributed by atoms with Crippen LogP contribution in [0.1, 0.15) is 35.7 Å². The number of carbonyl (C=O) groups is 1. The summed E-state index contributed by atoms with van der Waals surface area (Å²) in [4.78, 5) is 14.1. The van der Waals surface area contributed by atoms with Crippen molar-refractivity contribution in [1.29, 1.82) is 0 Å². The van der Waals surface area contributed by atoms with Gasteiger partial charge >= 0.3 is 0 Å². The van der Waals surface area contributed by atoms with Gasteiger partial charge in [-0.3, -0.25) is 4.79 Å². The number of hydrogen-bond acceptors (Lipinski definition) is 3. The molecule has 1 aromatic carbocycles. The maximum absolute atomic E-state index is 12.4. The highest BCUT2D eigenvalue weighted by atomic mass is 32.2. The first kappa shape index (κ1) is 14.4. The topological polar surface area (TPSA) is 40.5 Å². The van der Waals surface area contributed by atoms with Crippen LogP contribution in [0.25, 0.3) is 0 Å². The molecule has 1 N–H and O–H groups in total. The fraction of sp³-hybridized carbons (Fsp3) is 0.533. The van der Waals surface area contributed by atoms with Crippen LogP contribution in [0, 0.1) is 0 Å². The van der Waals surface area contributed by atoms with Gasteiger partial charge in [-0.15, -0.1) is 0 Å². The summed E-state index contributed by atoms with van der Waals surface area (Å²) >= 11 is 1.77. The first-order chi connectivity index (χ1) is 9.02. The zero-order valence-electron chi connectivity index (χ0n) is 11.6. The molecule has 1 atom stereocenters. The van der Waals surface area contributed by atoms with Gasteiger partial charge in [0.05, 0.1) is 5.60 Å². The number of rotatable bonds is 3. The van der Waals surface area contributed by atoms with Crippen LogP contribution in [0.15, 0.2) is 24.3 Å². The van der Waals surface area contributed by atoms with Gasteiger partial charge < -0.3 is 10.0 Å². The summed E-state index contributed by atoms with van der Waals surface area (Å²) in [7, 11) is 0. The number of β-amino-alcohol motifs (C(OH)–C–C–N with tert-alkyl or cyclic N) is 1. The predicted molar refractivity (Wildman–Crippen MR) is 79.4 cm³/mol. The number of likely N-dealkylation sites (tertiary alicyclic amines) is 1. The van der Waals surface area contributed by atoms with E-state index >= 15 is 0 Å². The van der Waals surface area contributed by atoms with Crippen molar-refractivity contribution in [2.24, 2.45) is 0 Å². The summed E-state index contributed by atoms with van der Waals surface area (Å²) in [6, 6.07) is 7.78. The maximum atomic E-state index is 12.4. The van der Waals surface area contributed by atoms with Crippen molar-refractivity contribution < 1.29 is 9.90 Å². The van der Waals surface area contributed by atoms with E-state index in [-0.39, 0.29) is 5.91 Å². The molecule has 0 bridgehead atoms. The summed E-state index contributed by atoms with van der Waals surface area (Å²) in [6.45, 7) is 2.97. The number of thioether (sulfide) groups is 1. The van der Waals surface area contributed by atoms with Crippen LogP contribution in [0.4, 0.5) is 0 Å². The lowest BCUT2D eigenvalue weighted by Gasteiger charge is -2.36. The van der Waals surface area contributed by atoms with E-state index in [4.69, 9.17) is 0 Å². The number of hydrogen-bond donors (Lipinski definition) is 1. The normalized spacial score (nSPS) is 23.4. The number of carbonyl (C=O) groups excluding carboxylic acids is 1. The van der Waals surface area contributed by atoms with E-state index in [9.17, 15) is 9.90 Å². The van der Waals surface area contributed by atoms with Gasteiger partial charge in [0.1, 0.15) is 0 Å². The highest BCUT2D eigenvalue weighted by Crippen LogP contribution is 2.22. The molecule has 0 aliphatic carbocycles. The molecule has 0 aromatic heterocycles. The second-order valence-electron chi connectivity index (χ2n) is 5.46. The first-order valence-corrected chi connectivity index (χ1v) is 8.01. The zero-order chi connectivity index (χ0) is 13.9. The van der Waals surface area contributed by atoms with Crippen molar-refractivity contribution >= 4 is 17.7 Å².